The van der Waals surface area contributed by atoms with Gasteiger partial charge in [0.2, 0.25) is 0 Å². The molecular formula is C14H14O2. The third-order valence-corrected chi connectivity index (χ3v) is 1.78. The van der Waals surface area contributed by atoms with E-state index in [1.54, 1.807) is 6.92 Å². The Balaban J connectivity index is 2.60. The van der Waals surface area contributed by atoms with E-state index in [1.165, 1.54) is 0 Å². The molecule has 0 bridgehead atoms. The predicted molar refractivity (Wildman–Crippen MR) is 63.8 cm³/mol. The van der Waals surface area contributed by atoms with Gasteiger partial charge in [-0.25, -0.2) is 4.79 Å². The van der Waals surface area contributed by atoms with Gasteiger partial charge in [-0.3, -0.25) is 0 Å². The van der Waals surface area contributed by atoms with Crippen LogP contribution in [-0.2, 0) is 9.53 Å². The Hall–Kier alpha value is -2.01. The molecule has 0 N–H and O–H groups in total. The first kappa shape index (κ1) is 12.1. The second kappa shape index (κ2) is 5.77. The van der Waals surface area contributed by atoms with Gasteiger partial charge in [0, 0.05) is 11.5 Å². The number of hydrogen-bond acceptors (Lipinski definition) is 2. The number of hydrogen-bond donors (Lipinski definition) is 0. The topological polar surface area (TPSA) is 26.3 Å². The summed E-state index contributed by atoms with van der Waals surface area (Å²) in [4.78, 5) is 11.2. The van der Waals surface area contributed by atoms with E-state index in [1.807, 2.05) is 31.2 Å². The van der Waals surface area contributed by atoms with Crippen LogP contribution in [0.15, 0.2) is 36.4 Å². The molecule has 16 heavy (non-hydrogen) atoms. The van der Waals surface area contributed by atoms with Crippen LogP contribution in [0.25, 0.3) is 0 Å². The Morgan fingerprint density at radius 2 is 2.25 bits per heavy atom. The quantitative estimate of drug-likeness (QED) is 0.429. The highest BCUT2D eigenvalue weighted by Crippen LogP contribution is 2.01. The zero-order chi connectivity index (χ0) is 12.0. The molecular weight excluding hydrogens is 200 g/mol. The van der Waals surface area contributed by atoms with Crippen molar-refractivity contribution in [2.24, 2.45) is 0 Å². The monoisotopic (exact) mass is 214 g/mol. The Labute approximate surface area is 95.9 Å². The summed E-state index contributed by atoms with van der Waals surface area (Å²) in [7, 11) is 0. The van der Waals surface area contributed by atoms with E-state index in [-0.39, 0.29) is 6.61 Å². The van der Waals surface area contributed by atoms with Crippen LogP contribution >= 0.6 is 0 Å². The number of ether oxygens (including phenoxy) is 1. The normalized spacial score (nSPS) is 8.88. The minimum Gasteiger partial charge on any atom is -0.452 e. The van der Waals surface area contributed by atoms with Crippen LogP contribution in [0.3, 0.4) is 0 Å². The standard InChI is InChI=1S/C14H14O2/c1-11(2)10-16-14(15)8-7-13-6-4-5-12(3)9-13/h4-6,9H,1,10H2,2-3H3. The lowest BCUT2D eigenvalue weighted by atomic mass is 10.1. The van der Waals surface area contributed by atoms with Gasteiger partial charge in [0.05, 0.1) is 0 Å². The number of esters is 1. The fourth-order valence-corrected chi connectivity index (χ4v) is 1.07. The van der Waals surface area contributed by atoms with Crippen LogP contribution in [0.5, 0.6) is 0 Å². The van der Waals surface area contributed by atoms with Gasteiger partial charge in [-0.15, -0.1) is 0 Å². The summed E-state index contributed by atoms with van der Waals surface area (Å²) >= 11 is 0. The summed E-state index contributed by atoms with van der Waals surface area (Å²) in [5.74, 6) is 4.66. The Morgan fingerprint density at radius 1 is 1.50 bits per heavy atom. The molecule has 0 radical (unpaired) electrons. The molecule has 2 heteroatoms. The molecule has 1 aromatic carbocycles. The van der Waals surface area contributed by atoms with Crippen LogP contribution in [0.4, 0.5) is 0 Å². The summed E-state index contributed by atoms with van der Waals surface area (Å²) in [5.41, 5.74) is 2.72. The zero-order valence-corrected chi connectivity index (χ0v) is 9.54. The first-order valence-electron chi connectivity index (χ1n) is 4.98. The smallest absolute Gasteiger partial charge is 0.385 e. The average molecular weight is 214 g/mol. The first-order valence-corrected chi connectivity index (χ1v) is 4.98. The average Bonchev–Trinajstić information content (AvgIpc) is 2.23. The molecule has 2 nitrogen and oxygen atoms in total. The van der Waals surface area contributed by atoms with Crippen molar-refractivity contribution < 1.29 is 9.53 Å². The van der Waals surface area contributed by atoms with Crippen molar-refractivity contribution in [2.45, 2.75) is 13.8 Å². The third kappa shape index (κ3) is 4.47. The molecule has 0 fully saturated rings. The number of carbonyl (C=O) groups is 1. The van der Waals surface area contributed by atoms with E-state index in [9.17, 15) is 4.79 Å². The van der Waals surface area contributed by atoms with Gasteiger partial charge in [0.15, 0.2) is 0 Å². The van der Waals surface area contributed by atoms with Crippen molar-refractivity contribution in [3.8, 4) is 11.8 Å². The zero-order valence-electron chi connectivity index (χ0n) is 9.54. The van der Waals surface area contributed by atoms with E-state index < -0.39 is 5.97 Å². The minimum absolute atomic E-state index is 0.224. The molecule has 0 amide bonds. The maximum absolute atomic E-state index is 11.2. The fraction of sp³-hybridized carbons (Fsp3) is 0.214. The van der Waals surface area contributed by atoms with Crippen molar-refractivity contribution in [3.05, 3.63) is 47.5 Å². The highest BCUT2D eigenvalue weighted by Gasteiger charge is 1.96. The molecule has 0 atom stereocenters. The molecule has 0 aliphatic rings. The summed E-state index contributed by atoms with van der Waals surface area (Å²) < 4.78 is 4.84. The molecule has 0 aliphatic heterocycles. The summed E-state index contributed by atoms with van der Waals surface area (Å²) in [6, 6.07) is 7.65. The molecule has 0 saturated carbocycles. The Bertz CT molecular complexity index is 461. The van der Waals surface area contributed by atoms with Crippen molar-refractivity contribution in [1.29, 1.82) is 0 Å². The van der Waals surface area contributed by atoms with Gasteiger partial charge in [-0.2, -0.15) is 0 Å². The molecule has 0 unspecified atom stereocenters. The highest BCUT2D eigenvalue weighted by atomic mass is 16.5. The largest absolute Gasteiger partial charge is 0.452 e. The minimum atomic E-state index is -0.524. The van der Waals surface area contributed by atoms with Gasteiger partial charge in [-0.1, -0.05) is 24.6 Å². The second-order valence-corrected chi connectivity index (χ2v) is 3.65. The molecule has 0 aliphatic carbocycles. The second-order valence-electron chi connectivity index (χ2n) is 3.65. The Morgan fingerprint density at radius 3 is 2.88 bits per heavy atom. The van der Waals surface area contributed by atoms with Gasteiger partial charge in [-0.05, 0) is 37.1 Å². The number of carbonyl (C=O) groups excluding carboxylic acids is 1. The van der Waals surface area contributed by atoms with Crippen LogP contribution in [-0.4, -0.2) is 12.6 Å². The van der Waals surface area contributed by atoms with Gasteiger partial charge >= 0.3 is 5.97 Å². The summed E-state index contributed by atoms with van der Waals surface area (Å²) in [6.07, 6.45) is 0. The summed E-state index contributed by atoms with van der Waals surface area (Å²) in [5, 5.41) is 0. The molecule has 0 spiro atoms. The van der Waals surface area contributed by atoms with E-state index in [0.717, 1.165) is 16.7 Å². The first-order chi connectivity index (χ1) is 7.58. The third-order valence-electron chi connectivity index (χ3n) is 1.78. The van der Waals surface area contributed by atoms with Crippen LogP contribution in [0.1, 0.15) is 18.1 Å². The van der Waals surface area contributed by atoms with Crippen molar-refractivity contribution in [3.63, 3.8) is 0 Å². The Kier molecular flexibility index (Phi) is 4.35. The lowest BCUT2D eigenvalue weighted by Gasteiger charge is -1.97. The molecule has 0 heterocycles. The number of benzene rings is 1. The predicted octanol–water partition coefficient (Wildman–Crippen LogP) is 2.47. The highest BCUT2D eigenvalue weighted by molar-refractivity contribution is 5.89. The van der Waals surface area contributed by atoms with Crippen LogP contribution < -0.4 is 0 Å². The molecule has 1 rings (SSSR count). The lowest BCUT2D eigenvalue weighted by molar-refractivity contribution is -0.135. The SMILES string of the molecule is C=C(C)COC(=O)C#Cc1cccc(C)c1. The van der Waals surface area contributed by atoms with Gasteiger partial charge < -0.3 is 4.74 Å². The van der Waals surface area contributed by atoms with Crippen molar-refractivity contribution >= 4 is 5.97 Å². The van der Waals surface area contributed by atoms with E-state index >= 15 is 0 Å². The van der Waals surface area contributed by atoms with E-state index in [0.29, 0.717) is 0 Å². The molecule has 0 saturated heterocycles. The molecule has 1 aromatic rings. The van der Waals surface area contributed by atoms with Crippen LogP contribution in [0.2, 0.25) is 0 Å². The summed E-state index contributed by atoms with van der Waals surface area (Å²) in [6.45, 7) is 7.62. The van der Waals surface area contributed by atoms with Gasteiger partial charge in [0.1, 0.15) is 6.61 Å². The van der Waals surface area contributed by atoms with E-state index in [4.69, 9.17) is 4.74 Å². The van der Waals surface area contributed by atoms with Crippen molar-refractivity contribution in [1.82, 2.24) is 0 Å². The fourth-order valence-electron chi connectivity index (χ4n) is 1.07. The van der Waals surface area contributed by atoms with E-state index in [2.05, 4.69) is 18.4 Å². The maximum atomic E-state index is 11.2. The van der Waals surface area contributed by atoms with Crippen molar-refractivity contribution in [2.75, 3.05) is 6.61 Å². The lowest BCUT2D eigenvalue weighted by Crippen LogP contribution is -2.03. The maximum Gasteiger partial charge on any atom is 0.385 e. The molecule has 82 valence electrons. The molecule has 0 aromatic heterocycles. The van der Waals surface area contributed by atoms with Crippen LogP contribution in [0, 0.1) is 18.8 Å². The number of rotatable bonds is 2. The number of aryl methyl sites for hydroxylation is 1. The van der Waals surface area contributed by atoms with Gasteiger partial charge in [0.25, 0.3) is 0 Å².